The van der Waals surface area contributed by atoms with Gasteiger partial charge in [-0.1, -0.05) is 35.5 Å². The third kappa shape index (κ3) is 4.41. The first kappa shape index (κ1) is 20.6. The van der Waals surface area contributed by atoms with E-state index in [1.807, 2.05) is 36.4 Å². The van der Waals surface area contributed by atoms with Gasteiger partial charge in [-0.25, -0.2) is 0 Å². The molecule has 1 aromatic heterocycles. The number of carbonyl (C=O) groups excluding carboxylic acids is 2. The number of hydrogen-bond donors (Lipinski definition) is 1. The van der Waals surface area contributed by atoms with E-state index < -0.39 is 5.41 Å². The summed E-state index contributed by atoms with van der Waals surface area (Å²) in [4.78, 5) is 29.5. The van der Waals surface area contributed by atoms with E-state index >= 15 is 0 Å². The summed E-state index contributed by atoms with van der Waals surface area (Å²) in [5.74, 6) is 0.711. The maximum absolute atomic E-state index is 13.4. The van der Waals surface area contributed by atoms with Crippen LogP contribution in [0.15, 0.2) is 40.9 Å². The van der Waals surface area contributed by atoms with E-state index in [2.05, 4.69) is 22.4 Å². The van der Waals surface area contributed by atoms with Gasteiger partial charge in [-0.15, -0.1) is 0 Å². The molecular weight excluding hydrogens is 380 g/mol. The Morgan fingerprint density at radius 1 is 1.20 bits per heavy atom. The maximum Gasteiger partial charge on any atom is 0.228 e. The zero-order valence-electron chi connectivity index (χ0n) is 17.8. The lowest BCUT2D eigenvalue weighted by atomic mass is 9.81. The van der Waals surface area contributed by atoms with Crippen molar-refractivity contribution in [3.05, 3.63) is 42.2 Å². The monoisotopic (exact) mass is 410 g/mol. The summed E-state index contributed by atoms with van der Waals surface area (Å²) in [6.07, 6.45) is 2.98. The highest BCUT2D eigenvalue weighted by Crippen LogP contribution is 2.36. The molecule has 0 saturated carbocycles. The van der Waals surface area contributed by atoms with E-state index in [1.54, 1.807) is 11.8 Å². The van der Waals surface area contributed by atoms with E-state index in [4.69, 9.17) is 4.52 Å². The minimum absolute atomic E-state index is 0.00603. The number of piperidine rings is 1. The summed E-state index contributed by atoms with van der Waals surface area (Å²) in [6.45, 7) is 4.55. The molecule has 3 heterocycles. The second kappa shape index (κ2) is 8.60. The zero-order chi connectivity index (χ0) is 21.1. The first-order chi connectivity index (χ1) is 14.4. The van der Waals surface area contributed by atoms with Crippen molar-refractivity contribution in [3.8, 4) is 11.3 Å². The molecule has 0 spiro atoms. The lowest BCUT2D eigenvalue weighted by Crippen LogP contribution is -2.51. The van der Waals surface area contributed by atoms with Gasteiger partial charge in [-0.2, -0.15) is 0 Å². The Morgan fingerprint density at radius 3 is 2.60 bits per heavy atom. The van der Waals surface area contributed by atoms with Crippen LogP contribution in [0.4, 0.5) is 0 Å². The number of aromatic nitrogens is 1. The smallest absolute Gasteiger partial charge is 0.228 e. The second-order valence-electron chi connectivity index (χ2n) is 8.74. The Balaban J connectivity index is 1.52. The molecule has 160 valence electrons. The van der Waals surface area contributed by atoms with Crippen molar-refractivity contribution in [2.45, 2.75) is 38.6 Å². The van der Waals surface area contributed by atoms with Gasteiger partial charge in [0.25, 0.3) is 0 Å². The molecule has 7 heteroatoms. The molecule has 30 heavy (non-hydrogen) atoms. The standard InChI is InChI=1S/C23H30N4O3/c1-17(28)27-13-10-23(16-27,22(29)24-19-8-11-26(2)12-9-19)15-20-14-21(25-30-20)18-6-4-3-5-7-18/h3-7,14,19H,8-13,15-16H2,1-2H3,(H,24,29)/t23-/m1/s1. The fourth-order valence-electron chi connectivity index (χ4n) is 4.52. The minimum Gasteiger partial charge on any atom is -0.361 e. The van der Waals surface area contributed by atoms with Gasteiger partial charge in [0.15, 0.2) is 0 Å². The maximum atomic E-state index is 13.4. The van der Waals surface area contributed by atoms with Gasteiger partial charge in [0.1, 0.15) is 11.5 Å². The summed E-state index contributed by atoms with van der Waals surface area (Å²) in [5, 5.41) is 7.48. The van der Waals surface area contributed by atoms with Crippen LogP contribution in [0.5, 0.6) is 0 Å². The molecule has 2 aliphatic rings. The number of amides is 2. The van der Waals surface area contributed by atoms with E-state index in [0.29, 0.717) is 31.7 Å². The highest BCUT2D eigenvalue weighted by molar-refractivity contribution is 5.85. The number of benzene rings is 1. The van der Waals surface area contributed by atoms with Crippen LogP contribution in [0.25, 0.3) is 11.3 Å². The predicted molar refractivity (Wildman–Crippen MR) is 114 cm³/mol. The van der Waals surface area contributed by atoms with E-state index in [0.717, 1.165) is 37.2 Å². The van der Waals surface area contributed by atoms with Crippen molar-refractivity contribution < 1.29 is 14.1 Å². The van der Waals surface area contributed by atoms with Crippen molar-refractivity contribution in [3.63, 3.8) is 0 Å². The number of likely N-dealkylation sites (tertiary alicyclic amines) is 2. The third-order valence-corrected chi connectivity index (χ3v) is 6.48. The number of carbonyl (C=O) groups is 2. The molecule has 4 rings (SSSR count). The molecule has 0 aliphatic carbocycles. The fraction of sp³-hybridized carbons (Fsp3) is 0.522. The van der Waals surface area contributed by atoms with Crippen LogP contribution < -0.4 is 5.32 Å². The molecule has 1 atom stereocenters. The average Bonchev–Trinajstić information content (AvgIpc) is 3.39. The number of hydrogen-bond acceptors (Lipinski definition) is 5. The highest BCUT2D eigenvalue weighted by atomic mass is 16.5. The van der Waals surface area contributed by atoms with Crippen LogP contribution in [-0.2, 0) is 16.0 Å². The lowest BCUT2D eigenvalue weighted by molar-refractivity contribution is -0.133. The van der Waals surface area contributed by atoms with Gasteiger partial charge < -0.3 is 19.6 Å². The SMILES string of the molecule is CC(=O)N1CC[C@](Cc2cc(-c3ccccc3)no2)(C(=O)NC2CCN(C)CC2)C1. The Bertz CT molecular complexity index is 889. The summed E-state index contributed by atoms with van der Waals surface area (Å²) < 4.78 is 5.62. The minimum atomic E-state index is -0.678. The van der Waals surface area contributed by atoms with Gasteiger partial charge >= 0.3 is 0 Å². The molecule has 1 N–H and O–H groups in total. The Kier molecular flexibility index (Phi) is 5.90. The molecule has 2 aromatic rings. The Labute approximate surface area is 177 Å². The van der Waals surface area contributed by atoms with Gasteiger partial charge in [0.05, 0.1) is 5.41 Å². The van der Waals surface area contributed by atoms with Gasteiger partial charge in [0.2, 0.25) is 11.8 Å². The lowest BCUT2D eigenvalue weighted by Gasteiger charge is -2.33. The van der Waals surface area contributed by atoms with Crippen LogP contribution >= 0.6 is 0 Å². The summed E-state index contributed by atoms with van der Waals surface area (Å²) in [5.41, 5.74) is 1.06. The van der Waals surface area contributed by atoms with Crippen LogP contribution in [0, 0.1) is 5.41 Å². The van der Waals surface area contributed by atoms with Gasteiger partial charge in [0, 0.05) is 44.1 Å². The van der Waals surface area contributed by atoms with Crippen molar-refractivity contribution in [2.24, 2.45) is 5.41 Å². The molecule has 1 aromatic carbocycles. The molecular formula is C23H30N4O3. The molecule has 2 aliphatic heterocycles. The third-order valence-electron chi connectivity index (χ3n) is 6.48. The first-order valence-electron chi connectivity index (χ1n) is 10.7. The van der Waals surface area contributed by atoms with E-state index in [-0.39, 0.29) is 17.9 Å². The largest absolute Gasteiger partial charge is 0.361 e. The Hall–Kier alpha value is -2.67. The molecule has 2 fully saturated rings. The van der Waals surface area contributed by atoms with Gasteiger partial charge in [-0.05, 0) is 39.4 Å². The normalized spacial score (nSPS) is 22.9. The average molecular weight is 411 g/mol. The molecule has 2 amide bonds. The van der Waals surface area contributed by atoms with Crippen LogP contribution in [0.2, 0.25) is 0 Å². The van der Waals surface area contributed by atoms with Gasteiger partial charge in [-0.3, -0.25) is 9.59 Å². The highest BCUT2D eigenvalue weighted by Gasteiger charge is 2.47. The fourth-order valence-corrected chi connectivity index (χ4v) is 4.52. The molecule has 7 nitrogen and oxygen atoms in total. The van der Waals surface area contributed by atoms with Crippen molar-refractivity contribution >= 4 is 11.8 Å². The zero-order valence-corrected chi connectivity index (χ0v) is 17.8. The predicted octanol–water partition coefficient (Wildman–Crippen LogP) is 2.33. The second-order valence-corrected chi connectivity index (χ2v) is 8.74. The van der Waals surface area contributed by atoms with Crippen LogP contribution in [-0.4, -0.2) is 66.0 Å². The van der Waals surface area contributed by atoms with Crippen molar-refractivity contribution in [2.75, 3.05) is 33.2 Å². The number of nitrogens with one attached hydrogen (secondary N) is 1. The van der Waals surface area contributed by atoms with E-state index in [1.165, 1.54) is 0 Å². The number of nitrogens with zero attached hydrogens (tertiary/aromatic N) is 3. The first-order valence-corrected chi connectivity index (χ1v) is 10.7. The van der Waals surface area contributed by atoms with Crippen LogP contribution in [0.3, 0.4) is 0 Å². The Morgan fingerprint density at radius 2 is 1.93 bits per heavy atom. The van der Waals surface area contributed by atoms with Crippen molar-refractivity contribution in [1.82, 2.24) is 20.3 Å². The molecule has 0 unspecified atom stereocenters. The summed E-state index contributed by atoms with van der Waals surface area (Å²) in [7, 11) is 2.11. The molecule has 2 saturated heterocycles. The molecule has 0 bridgehead atoms. The topological polar surface area (TPSA) is 78.7 Å². The quantitative estimate of drug-likeness (QED) is 0.819. The summed E-state index contributed by atoms with van der Waals surface area (Å²) in [6, 6.07) is 11.9. The molecule has 0 radical (unpaired) electrons. The number of rotatable bonds is 5. The summed E-state index contributed by atoms with van der Waals surface area (Å²) >= 11 is 0. The van der Waals surface area contributed by atoms with E-state index in [9.17, 15) is 9.59 Å². The van der Waals surface area contributed by atoms with Crippen LogP contribution in [0.1, 0.15) is 31.9 Å². The van der Waals surface area contributed by atoms with Crippen molar-refractivity contribution in [1.29, 1.82) is 0 Å².